The van der Waals surface area contributed by atoms with Gasteiger partial charge in [-0.05, 0) is 22.3 Å². The Kier molecular flexibility index (Phi) is 6.96. The van der Waals surface area contributed by atoms with Gasteiger partial charge in [-0.1, -0.05) is 81.4 Å². The maximum absolute atomic E-state index is 11.3. The van der Waals surface area contributed by atoms with Crippen molar-refractivity contribution in [1.29, 1.82) is 0 Å². The van der Waals surface area contributed by atoms with E-state index in [4.69, 9.17) is 4.43 Å². The monoisotopic (exact) mass is 364 g/mol. The van der Waals surface area contributed by atoms with Gasteiger partial charge >= 0.3 is 0 Å². The standard InChI is InChI=1S/C23H28O2Si/c1-5-6-13-20(18-19-24)25-26(23(2,3)4,21-14-9-7-10-15-21)22-16-11-8-12-17-22/h7-12,14-17,19-20H,13,18H2,1-4H3/t20-/m0/s1. The Bertz CT molecular complexity index is 712. The second-order valence-electron chi connectivity index (χ2n) is 7.44. The molecule has 0 bridgehead atoms. The van der Waals surface area contributed by atoms with E-state index < -0.39 is 8.32 Å². The highest BCUT2D eigenvalue weighted by Crippen LogP contribution is 2.38. The molecule has 0 aliphatic heterocycles. The van der Waals surface area contributed by atoms with Gasteiger partial charge in [0, 0.05) is 12.8 Å². The molecule has 136 valence electrons. The van der Waals surface area contributed by atoms with Crippen molar-refractivity contribution in [2.24, 2.45) is 0 Å². The number of hydrogen-bond donors (Lipinski definition) is 0. The number of carbonyl (C=O) groups is 1. The van der Waals surface area contributed by atoms with Crippen molar-refractivity contribution in [2.75, 3.05) is 0 Å². The maximum Gasteiger partial charge on any atom is 0.261 e. The quantitative estimate of drug-likeness (QED) is 0.423. The highest BCUT2D eigenvalue weighted by atomic mass is 28.4. The molecule has 1 atom stereocenters. The van der Waals surface area contributed by atoms with E-state index in [0.717, 1.165) is 6.29 Å². The molecule has 2 aromatic carbocycles. The number of carbonyl (C=O) groups excluding carboxylic acids is 1. The molecule has 0 aliphatic rings. The first kappa shape index (κ1) is 20.2. The molecule has 2 nitrogen and oxygen atoms in total. The summed E-state index contributed by atoms with van der Waals surface area (Å²) >= 11 is 0. The van der Waals surface area contributed by atoms with Crippen LogP contribution in [0.1, 0.15) is 40.5 Å². The Labute approximate surface area is 158 Å². The lowest BCUT2D eigenvalue weighted by molar-refractivity contribution is -0.109. The molecule has 26 heavy (non-hydrogen) atoms. The summed E-state index contributed by atoms with van der Waals surface area (Å²) in [6.45, 7) is 8.54. The third-order valence-corrected chi connectivity index (χ3v) is 9.72. The predicted molar refractivity (Wildman–Crippen MR) is 111 cm³/mol. The van der Waals surface area contributed by atoms with Crippen molar-refractivity contribution >= 4 is 25.0 Å². The summed E-state index contributed by atoms with van der Waals surface area (Å²) in [5.41, 5.74) is 0. The van der Waals surface area contributed by atoms with Gasteiger partial charge in [0.05, 0.1) is 6.10 Å². The van der Waals surface area contributed by atoms with Gasteiger partial charge in [-0.2, -0.15) is 0 Å². The third kappa shape index (κ3) is 4.33. The zero-order chi connectivity index (χ0) is 19.0. The van der Waals surface area contributed by atoms with Gasteiger partial charge < -0.3 is 9.22 Å². The Morgan fingerprint density at radius 1 is 1.00 bits per heavy atom. The fourth-order valence-electron chi connectivity index (χ4n) is 3.44. The molecule has 0 unspecified atom stereocenters. The fraction of sp³-hybridized carbons (Fsp3) is 0.348. The van der Waals surface area contributed by atoms with Crippen molar-refractivity contribution in [2.45, 2.75) is 51.7 Å². The number of benzene rings is 2. The highest BCUT2D eigenvalue weighted by molar-refractivity contribution is 6.99. The Hall–Kier alpha value is -2.15. The summed E-state index contributed by atoms with van der Waals surface area (Å²) in [6.07, 6.45) is 1.67. The van der Waals surface area contributed by atoms with Crippen LogP contribution in [0.15, 0.2) is 60.7 Å². The molecule has 0 amide bonds. The van der Waals surface area contributed by atoms with Gasteiger partial charge in [-0.15, -0.1) is 11.8 Å². The molecular weight excluding hydrogens is 336 g/mol. The summed E-state index contributed by atoms with van der Waals surface area (Å²) in [6, 6.07) is 21.0. The van der Waals surface area contributed by atoms with Gasteiger partial charge in [0.25, 0.3) is 8.32 Å². The lowest BCUT2D eigenvalue weighted by Crippen LogP contribution is -2.67. The maximum atomic E-state index is 11.3. The van der Waals surface area contributed by atoms with E-state index in [-0.39, 0.29) is 11.1 Å². The normalized spacial score (nSPS) is 12.8. The van der Waals surface area contributed by atoms with E-state index in [1.807, 2.05) is 19.1 Å². The molecule has 2 aromatic rings. The summed E-state index contributed by atoms with van der Waals surface area (Å²) < 4.78 is 6.92. The van der Waals surface area contributed by atoms with Crippen LogP contribution >= 0.6 is 0 Å². The minimum absolute atomic E-state index is 0.101. The van der Waals surface area contributed by atoms with Crippen LogP contribution < -0.4 is 10.4 Å². The Morgan fingerprint density at radius 3 is 1.88 bits per heavy atom. The van der Waals surface area contributed by atoms with E-state index in [2.05, 4.69) is 81.1 Å². The average Bonchev–Trinajstić information content (AvgIpc) is 2.64. The average molecular weight is 365 g/mol. The van der Waals surface area contributed by atoms with Gasteiger partial charge in [-0.25, -0.2) is 0 Å². The lowest BCUT2D eigenvalue weighted by Gasteiger charge is -2.44. The smallest absolute Gasteiger partial charge is 0.261 e. The summed E-state index contributed by atoms with van der Waals surface area (Å²) in [4.78, 5) is 11.3. The van der Waals surface area contributed by atoms with Gasteiger partial charge in [0.1, 0.15) is 6.29 Å². The molecule has 2 rings (SSSR count). The Balaban J connectivity index is 2.66. The minimum Gasteiger partial charge on any atom is -0.403 e. The number of rotatable bonds is 7. The second-order valence-corrected chi connectivity index (χ2v) is 11.7. The van der Waals surface area contributed by atoms with Crippen LogP contribution in [0.2, 0.25) is 5.04 Å². The van der Waals surface area contributed by atoms with Crippen molar-refractivity contribution < 1.29 is 9.22 Å². The summed E-state index contributed by atoms with van der Waals surface area (Å²) in [5, 5.41) is 2.34. The fourth-order valence-corrected chi connectivity index (χ4v) is 8.13. The molecular formula is C23H28O2Si. The first-order valence-electron chi connectivity index (χ1n) is 9.08. The van der Waals surface area contributed by atoms with Crippen LogP contribution in [0.4, 0.5) is 0 Å². The number of aldehydes is 1. The van der Waals surface area contributed by atoms with E-state index >= 15 is 0 Å². The first-order valence-corrected chi connectivity index (χ1v) is 11.0. The van der Waals surface area contributed by atoms with Crippen molar-refractivity contribution in [3.8, 4) is 11.8 Å². The van der Waals surface area contributed by atoms with Crippen LogP contribution in [0.25, 0.3) is 0 Å². The van der Waals surface area contributed by atoms with Crippen LogP contribution in [0.3, 0.4) is 0 Å². The Morgan fingerprint density at radius 2 is 1.50 bits per heavy atom. The zero-order valence-corrected chi connectivity index (χ0v) is 17.2. The molecule has 0 fully saturated rings. The molecule has 0 aromatic heterocycles. The van der Waals surface area contributed by atoms with Crippen LogP contribution in [0, 0.1) is 11.8 Å². The largest absolute Gasteiger partial charge is 0.403 e. The molecule has 0 saturated heterocycles. The third-order valence-electron chi connectivity index (χ3n) is 4.63. The molecule has 0 spiro atoms. The predicted octanol–water partition coefficient (Wildman–Crippen LogP) is 3.93. The van der Waals surface area contributed by atoms with E-state index in [9.17, 15) is 4.79 Å². The first-order chi connectivity index (χ1) is 12.5. The van der Waals surface area contributed by atoms with Crippen molar-refractivity contribution in [3.05, 3.63) is 60.7 Å². The molecule has 0 N–H and O–H groups in total. The van der Waals surface area contributed by atoms with E-state index in [1.54, 1.807) is 0 Å². The van der Waals surface area contributed by atoms with Crippen LogP contribution in [-0.4, -0.2) is 20.7 Å². The second kappa shape index (κ2) is 8.98. The summed E-state index contributed by atoms with van der Waals surface area (Å²) in [5.74, 6) is 6.03. The van der Waals surface area contributed by atoms with Gasteiger partial charge in [-0.3, -0.25) is 0 Å². The van der Waals surface area contributed by atoms with Gasteiger partial charge in [0.15, 0.2) is 0 Å². The van der Waals surface area contributed by atoms with Crippen LogP contribution in [-0.2, 0) is 9.22 Å². The van der Waals surface area contributed by atoms with Gasteiger partial charge in [0.2, 0.25) is 0 Å². The topological polar surface area (TPSA) is 26.3 Å². The molecule has 0 saturated carbocycles. The molecule has 0 radical (unpaired) electrons. The molecule has 3 heteroatoms. The highest BCUT2D eigenvalue weighted by Gasteiger charge is 2.51. The minimum atomic E-state index is -2.63. The van der Waals surface area contributed by atoms with Crippen molar-refractivity contribution in [1.82, 2.24) is 0 Å². The molecule has 0 heterocycles. The zero-order valence-electron chi connectivity index (χ0n) is 16.2. The van der Waals surface area contributed by atoms with E-state index in [1.165, 1.54) is 10.4 Å². The summed E-state index contributed by atoms with van der Waals surface area (Å²) in [7, 11) is -2.63. The lowest BCUT2D eigenvalue weighted by atomic mass is 10.2. The molecule has 0 aliphatic carbocycles. The van der Waals surface area contributed by atoms with Crippen LogP contribution in [0.5, 0.6) is 0 Å². The van der Waals surface area contributed by atoms with E-state index in [0.29, 0.717) is 12.8 Å². The number of hydrogen-bond acceptors (Lipinski definition) is 2. The van der Waals surface area contributed by atoms with Crippen molar-refractivity contribution in [3.63, 3.8) is 0 Å². The SMILES string of the molecule is CC#CC[C@@H](CC=O)O[Si](c1ccccc1)(c1ccccc1)C(C)(C)C.